The number of hydrogen-bond donors (Lipinski definition) is 3. The summed E-state index contributed by atoms with van der Waals surface area (Å²) >= 11 is 0. The van der Waals surface area contributed by atoms with Gasteiger partial charge in [-0.3, -0.25) is 24.1 Å². The van der Waals surface area contributed by atoms with Gasteiger partial charge in [0.1, 0.15) is 24.2 Å². The van der Waals surface area contributed by atoms with Crippen molar-refractivity contribution in [3.63, 3.8) is 0 Å². The average Bonchev–Trinajstić information content (AvgIpc) is 3.53. The molecule has 6 amide bonds. The smallest absolute Gasteiger partial charge is 0.330 e. The molecule has 3 rings (SSSR count). The molecular weight excluding hydrogens is 634 g/mol. The minimum Gasteiger partial charge on any atom is -0.467 e. The van der Waals surface area contributed by atoms with Crippen LogP contribution in [-0.2, 0) is 38.2 Å². The molecule has 1 saturated carbocycles. The zero-order valence-corrected chi connectivity index (χ0v) is 29.5. The quantitative estimate of drug-likeness (QED) is 0.172. The number of urea groups is 1. The number of imide groups is 1. The van der Waals surface area contributed by atoms with E-state index in [1.807, 2.05) is 13.8 Å². The third-order valence-electron chi connectivity index (χ3n) is 9.38. The van der Waals surface area contributed by atoms with Gasteiger partial charge < -0.3 is 30.3 Å². The van der Waals surface area contributed by atoms with Gasteiger partial charge in [0.25, 0.3) is 0 Å². The van der Waals surface area contributed by atoms with E-state index in [4.69, 9.17) is 9.47 Å². The van der Waals surface area contributed by atoms with Gasteiger partial charge in [-0.1, -0.05) is 39.2 Å². The van der Waals surface area contributed by atoms with Gasteiger partial charge >= 0.3 is 18.0 Å². The molecule has 49 heavy (non-hydrogen) atoms. The van der Waals surface area contributed by atoms with Crippen LogP contribution in [0.15, 0.2) is 12.2 Å². The van der Waals surface area contributed by atoms with Crippen LogP contribution in [0.2, 0.25) is 0 Å². The van der Waals surface area contributed by atoms with Crippen LogP contribution in [0.4, 0.5) is 4.79 Å². The van der Waals surface area contributed by atoms with Crippen molar-refractivity contribution in [1.29, 1.82) is 0 Å². The van der Waals surface area contributed by atoms with Gasteiger partial charge in [-0.25, -0.2) is 14.4 Å². The van der Waals surface area contributed by atoms with E-state index in [2.05, 4.69) is 16.0 Å². The molecule has 0 aromatic rings. The number of esters is 2. The van der Waals surface area contributed by atoms with Gasteiger partial charge in [0.05, 0.1) is 13.7 Å². The second-order valence-corrected chi connectivity index (χ2v) is 13.5. The summed E-state index contributed by atoms with van der Waals surface area (Å²) < 4.78 is 9.83. The van der Waals surface area contributed by atoms with Crippen LogP contribution in [0.1, 0.15) is 104 Å². The van der Waals surface area contributed by atoms with Crippen molar-refractivity contribution in [2.24, 2.45) is 11.8 Å². The summed E-state index contributed by atoms with van der Waals surface area (Å²) in [6, 6.07) is -4.42. The number of ether oxygens (including phenoxy) is 2. The molecule has 3 N–H and O–H groups in total. The van der Waals surface area contributed by atoms with Gasteiger partial charge in [-0.2, -0.15) is 0 Å². The van der Waals surface area contributed by atoms with E-state index in [0.29, 0.717) is 45.1 Å². The van der Waals surface area contributed by atoms with Gasteiger partial charge in [0.2, 0.25) is 23.6 Å². The monoisotopic (exact) mass is 689 g/mol. The first-order valence-electron chi connectivity index (χ1n) is 17.9. The van der Waals surface area contributed by atoms with Gasteiger partial charge in [0, 0.05) is 25.6 Å². The van der Waals surface area contributed by atoms with Crippen molar-refractivity contribution in [2.45, 2.75) is 128 Å². The van der Waals surface area contributed by atoms with Crippen LogP contribution in [0.5, 0.6) is 0 Å². The molecule has 2 aliphatic heterocycles. The lowest BCUT2D eigenvalue weighted by molar-refractivity contribution is -0.149. The second kappa shape index (κ2) is 19.9. The Hall–Kier alpha value is -3.97. The van der Waals surface area contributed by atoms with Crippen molar-refractivity contribution < 1.29 is 43.0 Å². The Bertz CT molecular complexity index is 1220. The number of allylic oxidation sites excluding steroid dienone is 1. The molecule has 0 spiro atoms. The summed E-state index contributed by atoms with van der Waals surface area (Å²) in [7, 11) is 1.27. The summed E-state index contributed by atoms with van der Waals surface area (Å²) in [6.07, 6.45) is 10.3. The largest absolute Gasteiger partial charge is 0.467 e. The minimum absolute atomic E-state index is 0.0978. The number of rotatable bonds is 15. The predicted molar refractivity (Wildman–Crippen MR) is 180 cm³/mol. The molecular formula is C35H55N5O9. The van der Waals surface area contributed by atoms with Crippen molar-refractivity contribution in [1.82, 2.24) is 25.8 Å². The highest BCUT2D eigenvalue weighted by molar-refractivity contribution is 5.99. The number of methoxy groups -OCH3 is 1. The summed E-state index contributed by atoms with van der Waals surface area (Å²) in [5.74, 6) is -2.88. The molecule has 14 nitrogen and oxygen atoms in total. The van der Waals surface area contributed by atoms with Crippen LogP contribution < -0.4 is 16.0 Å². The van der Waals surface area contributed by atoms with Crippen LogP contribution in [-0.4, -0.2) is 102 Å². The summed E-state index contributed by atoms with van der Waals surface area (Å²) in [5.41, 5.74) is 0. The lowest BCUT2D eigenvalue weighted by atomic mass is 9.82. The summed E-state index contributed by atoms with van der Waals surface area (Å²) in [5, 5.41) is 8.44. The van der Waals surface area contributed by atoms with E-state index in [1.54, 1.807) is 13.0 Å². The molecule has 0 aromatic heterocycles. The van der Waals surface area contributed by atoms with E-state index < -0.39 is 54.0 Å². The number of carbonyl (C=O) groups is 7. The number of nitrogens with one attached hydrogen (secondary N) is 3. The Morgan fingerprint density at radius 3 is 2.24 bits per heavy atom. The van der Waals surface area contributed by atoms with Gasteiger partial charge in [-0.15, -0.1) is 0 Å². The van der Waals surface area contributed by atoms with Crippen LogP contribution in [0, 0.1) is 11.8 Å². The maximum atomic E-state index is 14.4. The van der Waals surface area contributed by atoms with Crippen molar-refractivity contribution in [2.75, 3.05) is 26.8 Å². The first kappa shape index (κ1) is 39.5. The van der Waals surface area contributed by atoms with E-state index >= 15 is 0 Å². The Balaban J connectivity index is 1.84. The highest BCUT2D eigenvalue weighted by Gasteiger charge is 2.41. The number of carbonyl (C=O) groups excluding carboxylic acids is 7. The van der Waals surface area contributed by atoms with Gasteiger partial charge in [-0.05, 0) is 76.5 Å². The molecule has 2 heterocycles. The van der Waals surface area contributed by atoms with Gasteiger partial charge in [0.15, 0.2) is 0 Å². The molecule has 3 aliphatic rings. The van der Waals surface area contributed by atoms with Crippen molar-refractivity contribution in [3.8, 4) is 0 Å². The predicted octanol–water partition coefficient (Wildman–Crippen LogP) is 2.74. The van der Waals surface area contributed by atoms with E-state index in [-0.39, 0.29) is 56.1 Å². The van der Waals surface area contributed by atoms with Crippen LogP contribution in [0.3, 0.4) is 0 Å². The number of hydrogen-bond acceptors (Lipinski definition) is 9. The fourth-order valence-electron chi connectivity index (χ4n) is 6.84. The average molecular weight is 690 g/mol. The van der Waals surface area contributed by atoms with Crippen molar-refractivity contribution >= 4 is 41.6 Å². The molecule has 0 aromatic carbocycles. The standard InChI is InChI=1S/C35H55N5O9/c1-5-49-29(42)19-10-9-16-25(37-35(47)40-21-13-18-28(40)41)31(43)38-30(24-14-7-6-8-15-24)33(45)39-20-12-11-17-27(39)32(44)36-26(22-23(2)3)34(46)48-4/h10,19,23-27,30H,5-9,11-18,20-22H2,1-4H3,(H,36,44)(H,37,47)(H,38,43)/b19-10+/t25-,26-,27-,30?/m0/s1. The Labute approximate surface area is 289 Å². The topological polar surface area (TPSA) is 181 Å². The first-order chi connectivity index (χ1) is 23.5. The maximum Gasteiger partial charge on any atom is 0.330 e. The number of likely N-dealkylation sites (tertiary alicyclic amines) is 2. The highest BCUT2D eigenvalue weighted by atomic mass is 16.5. The van der Waals surface area contributed by atoms with E-state index in [0.717, 1.165) is 30.6 Å². The molecule has 3 fully saturated rings. The zero-order valence-electron chi connectivity index (χ0n) is 29.5. The first-order valence-corrected chi connectivity index (χ1v) is 17.9. The van der Waals surface area contributed by atoms with Crippen LogP contribution >= 0.6 is 0 Å². The van der Waals surface area contributed by atoms with Crippen LogP contribution in [0.25, 0.3) is 0 Å². The molecule has 0 radical (unpaired) electrons. The SMILES string of the molecule is CCOC(=O)/C=C/CC[C@H](NC(=O)N1CCCC1=O)C(=O)NC(C(=O)N1CCCC[C@H]1C(=O)N[C@@H](CC(C)C)C(=O)OC)C1CCCCC1. The van der Waals surface area contributed by atoms with Crippen molar-refractivity contribution in [3.05, 3.63) is 12.2 Å². The number of nitrogens with zero attached hydrogens (tertiary/aromatic N) is 2. The lowest BCUT2D eigenvalue weighted by Gasteiger charge is -2.40. The molecule has 1 aliphatic carbocycles. The zero-order chi connectivity index (χ0) is 35.9. The molecule has 0 bridgehead atoms. The molecule has 4 atom stereocenters. The Morgan fingerprint density at radius 1 is 0.898 bits per heavy atom. The number of amides is 6. The van der Waals surface area contributed by atoms with E-state index in [1.165, 1.54) is 18.1 Å². The lowest BCUT2D eigenvalue weighted by Crippen LogP contribution is -2.62. The molecule has 2 saturated heterocycles. The third-order valence-corrected chi connectivity index (χ3v) is 9.38. The molecule has 14 heteroatoms. The summed E-state index contributed by atoms with van der Waals surface area (Å²) in [6.45, 7) is 6.34. The maximum absolute atomic E-state index is 14.4. The molecule has 274 valence electrons. The third kappa shape index (κ3) is 11.8. The number of piperidine rings is 1. The Morgan fingerprint density at radius 2 is 1.61 bits per heavy atom. The Kier molecular flexibility index (Phi) is 16.0. The minimum atomic E-state index is -1.11. The fourth-order valence-corrected chi connectivity index (χ4v) is 6.84. The highest BCUT2D eigenvalue weighted by Crippen LogP contribution is 2.29. The molecule has 1 unspecified atom stereocenters. The summed E-state index contributed by atoms with van der Waals surface area (Å²) in [4.78, 5) is 94.3. The van der Waals surface area contributed by atoms with E-state index in [9.17, 15) is 33.6 Å². The second-order valence-electron chi connectivity index (χ2n) is 13.5. The normalized spacial score (nSPS) is 20.4. The fraction of sp³-hybridized carbons (Fsp3) is 0.743.